The second kappa shape index (κ2) is 8.80. The Labute approximate surface area is 159 Å². The SMILES string of the molecule is CCCNc1cc(Nc2ccc(NC(C)=O)cc2)nc(-c2ccccc2)n1. The quantitative estimate of drug-likeness (QED) is 0.570. The van der Waals surface area contributed by atoms with Crippen LogP contribution in [0.1, 0.15) is 20.3 Å². The van der Waals surface area contributed by atoms with Crippen molar-refractivity contribution in [2.24, 2.45) is 0 Å². The van der Waals surface area contributed by atoms with Crippen molar-refractivity contribution < 1.29 is 4.79 Å². The normalized spacial score (nSPS) is 10.3. The summed E-state index contributed by atoms with van der Waals surface area (Å²) in [6.07, 6.45) is 1.01. The van der Waals surface area contributed by atoms with Gasteiger partial charge in [0.2, 0.25) is 5.91 Å². The van der Waals surface area contributed by atoms with Crippen molar-refractivity contribution in [1.82, 2.24) is 9.97 Å². The Balaban J connectivity index is 1.86. The van der Waals surface area contributed by atoms with Gasteiger partial charge in [-0.1, -0.05) is 37.3 Å². The Morgan fingerprint density at radius 1 is 0.926 bits per heavy atom. The van der Waals surface area contributed by atoms with Crippen molar-refractivity contribution in [3.8, 4) is 11.4 Å². The van der Waals surface area contributed by atoms with Crippen LogP contribution in [0.2, 0.25) is 0 Å². The van der Waals surface area contributed by atoms with Crippen LogP contribution in [0, 0.1) is 0 Å². The minimum absolute atomic E-state index is 0.0920. The van der Waals surface area contributed by atoms with Gasteiger partial charge in [0.05, 0.1) is 0 Å². The monoisotopic (exact) mass is 361 g/mol. The molecule has 0 fully saturated rings. The van der Waals surface area contributed by atoms with Gasteiger partial charge in [-0.25, -0.2) is 9.97 Å². The summed E-state index contributed by atoms with van der Waals surface area (Å²) in [6, 6.07) is 19.3. The molecule has 0 aliphatic rings. The van der Waals surface area contributed by atoms with E-state index in [1.165, 1.54) is 6.92 Å². The number of nitrogens with one attached hydrogen (secondary N) is 3. The van der Waals surface area contributed by atoms with Gasteiger partial charge in [0.15, 0.2) is 5.82 Å². The number of carbonyl (C=O) groups excluding carboxylic acids is 1. The largest absolute Gasteiger partial charge is 0.370 e. The van der Waals surface area contributed by atoms with E-state index >= 15 is 0 Å². The lowest BCUT2D eigenvalue weighted by molar-refractivity contribution is -0.114. The molecule has 3 aromatic rings. The van der Waals surface area contributed by atoms with Crippen LogP contribution in [0.3, 0.4) is 0 Å². The van der Waals surface area contributed by atoms with E-state index in [4.69, 9.17) is 0 Å². The van der Waals surface area contributed by atoms with Gasteiger partial charge < -0.3 is 16.0 Å². The summed E-state index contributed by atoms with van der Waals surface area (Å²) >= 11 is 0. The van der Waals surface area contributed by atoms with Crippen molar-refractivity contribution in [3.63, 3.8) is 0 Å². The Morgan fingerprint density at radius 2 is 1.59 bits per heavy atom. The van der Waals surface area contributed by atoms with Crippen LogP contribution < -0.4 is 16.0 Å². The fourth-order valence-corrected chi connectivity index (χ4v) is 2.56. The van der Waals surface area contributed by atoms with Crippen molar-refractivity contribution in [2.45, 2.75) is 20.3 Å². The third-order valence-corrected chi connectivity index (χ3v) is 3.79. The lowest BCUT2D eigenvalue weighted by Crippen LogP contribution is -2.06. The molecule has 6 nitrogen and oxygen atoms in total. The molecule has 1 heterocycles. The molecule has 2 aromatic carbocycles. The van der Waals surface area contributed by atoms with E-state index in [-0.39, 0.29) is 5.91 Å². The third kappa shape index (κ3) is 5.28. The van der Waals surface area contributed by atoms with Gasteiger partial charge in [0.25, 0.3) is 0 Å². The van der Waals surface area contributed by atoms with E-state index in [1.54, 1.807) is 0 Å². The molecule has 0 spiro atoms. The molecule has 0 atom stereocenters. The van der Waals surface area contributed by atoms with Crippen molar-refractivity contribution >= 4 is 28.9 Å². The molecule has 138 valence electrons. The van der Waals surface area contributed by atoms with Crippen LogP contribution in [0.25, 0.3) is 11.4 Å². The van der Waals surface area contributed by atoms with Crippen molar-refractivity contribution in [2.75, 3.05) is 22.5 Å². The standard InChI is InChI=1S/C21H23N5O/c1-3-13-22-19-14-20(26-21(25-19)16-7-5-4-6-8-16)24-18-11-9-17(10-12-18)23-15(2)27/h4-12,14H,3,13H2,1-2H3,(H,23,27)(H2,22,24,25,26). The summed E-state index contributed by atoms with van der Waals surface area (Å²) in [5.74, 6) is 2.05. The van der Waals surface area contributed by atoms with Crippen molar-refractivity contribution in [1.29, 1.82) is 0 Å². The van der Waals surface area contributed by atoms with Crippen molar-refractivity contribution in [3.05, 3.63) is 60.7 Å². The first-order valence-electron chi connectivity index (χ1n) is 8.97. The zero-order valence-corrected chi connectivity index (χ0v) is 15.5. The maximum absolute atomic E-state index is 11.1. The van der Waals surface area contributed by atoms with Crippen LogP contribution in [-0.4, -0.2) is 22.4 Å². The van der Waals surface area contributed by atoms with Crippen LogP contribution in [-0.2, 0) is 4.79 Å². The number of carbonyl (C=O) groups is 1. The molecule has 0 saturated heterocycles. The Bertz CT molecular complexity index is 894. The van der Waals surface area contributed by atoms with Crippen LogP contribution in [0.5, 0.6) is 0 Å². The molecule has 1 amide bonds. The van der Waals surface area contributed by atoms with E-state index in [0.29, 0.717) is 11.6 Å². The summed E-state index contributed by atoms with van der Waals surface area (Å²) in [5.41, 5.74) is 2.59. The first-order valence-corrected chi connectivity index (χ1v) is 8.97. The molecular weight excluding hydrogens is 338 g/mol. The van der Waals surface area contributed by atoms with E-state index < -0.39 is 0 Å². The summed E-state index contributed by atoms with van der Waals surface area (Å²) in [4.78, 5) is 20.4. The molecular formula is C21H23N5O. The molecule has 6 heteroatoms. The summed E-state index contributed by atoms with van der Waals surface area (Å²) in [5, 5.41) is 9.39. The molecule has 3 rings (SSSR count). The predicted molar refractivity (Wildman–Crippen MR) is 110 cm³/mol. The van der Waals surface area contributed by atoms with Gasteiger partial charge in [-0.3, -0.25) is 4.79 Å². The zero-order chi connectivity index (χ0) is 19.1. The first kappa shape index (κ1) is 18.4. The highest BCUT2D eigenvalue weighted by atomic mass is 16.1. The third-order valence-electron chi connectivity index (χ3n) is 3.79. The van der Waals surface area contributed by atoms with Gasteiger partial charge in [0.1, 0.15) is 11.6 Å². The molecule has 0 unspecified atom stereocenters. The first-order chi connectivity index (χ1) is 13.1. The lowest BCUT2D eigenvalue weighted by atomic mass is 10.2. The second-order valence-electron chi connectivity index (χ2n) is 6.14. The van der Waals surface area contributed by atoms with Gasteiger partial charge in [-0.15, -0.1) is 0 Å². The van der Waals surface area contributed by atoms with Crippen LogP contribution in [0.15, 0.2) is 60.7 Å². The minimum Gasteiger partial charge on any atom is -0.370 e. The van der Waals surface area contributed by atoms with Gasteiger partial charge in [-0.2, -0.15) is 0 Å². The van der Waals surface area contributed by atoms with Gasteiger partial charge in [0, 0.05) is 36.5 Å². The molecule has 0 bridgehead atoms. The average molecular weight is 361 g/mol. The van der Waals surface area contributed by atoms with E-state index in [0.717, 1.165) is 35.7 Å². The van der Waals surface area contributed by atoms with E-state index in [1.807, 2.05) is 60.7 Å². The topological polar surface area (TPSA) is 78.9 Å². The van der Waals surface area contributed by atoms with Crippen LogP contribution in [0.4, 0.5) is 23.0 Å². The lowest BCUT2D eigenvalue weighted by Gasteiger charge is -2.12. The molecule has 27 heavy (non-hydrogen) atoms. The highest BCUT2D eigenvalue weighted by molar-refractivity contribution is 5.88. The molecule has 0 radical (unpaired) electrons. The number of rotatable bonds is 7. The van der Waals surface area contributed by atoms with Crippen LogP contribution >= 0.6 is 0 Å². The molecule has 0 aliphatic heterocycles. The van der Waals surface area contributed by atoms with Gasteiger partial charge >= 0.3 is 0 Å². The number of hydrogen-bond donors (Lipinski definition) is 3. The maximum Gasteiger partial charge on any atom is 0.221 e. The number of nitrogens with zero attached hydrogens (tertiary/aromatic N) is 2. The number of hydrogen-bond acceptors (Lipinski definition) is 5. The number of aromatic nitrogens is 2. The van der Waals surface area contributed by atoms with E-state index in [2.05, 4.69) is 32.8 Å². The predicted octanol–water partition coefficient (Wildman–Crippen LogP) is 4.67. The highest BCUT2D eigenvalue weighted by Gasteiger charge is 2.07. The summed E-state index contributed by atoms with van der Waals surface area (Å²) < 4.78 is 0. The number of amides is 1. The maximum atomic E-state index is 11.1. The highest BCUT2D eigenvalue weighted by Crippen LogP contribution is 2.23. The second-order valence-corrected chi connectivity index (χ2v) is 6.14. The Kier molecular flexibility index (Phi) is 5.99. The number of benzene rings is 2. The summed E-state index contributed by atoms with van der Waals surface area (Å²) in [6.45, 7) is 4.45. The molecule has 1 aromatic heterocycles. The van der Waals surface area contributed by atoms with Gasteiger partial charge in [-0.05, 0) is 30.7 Å². The fourth-order valence-electron chi connectivity index (χ4n) is 2.56. The molecule has 0 saturated carbocycles. The minimum atomic E-state index is -0.0920. The summed E-state index contributed by atoms with van der Waals surface area (Å²) in [7, 11) is 0. The zero-order valence-electron chi connectivity index (χ0n) is 15.5. The number of anilines is 4. The van der Waals surface area contributed by atoms with E-state index in [9.17, 15) is 4.79 Å². The molecule has 3 N–H and O–H groups in total. The fraction of sp³-hybridized carbons (Fsp3) is 0.190. The average Bonchev–Trinajstić information content (AvgIpc) is 2.68. The Morgan fingerprint density at radius 3 is 2.26 bits per heavy atom. The smallest absolute Gasteiger partial charge is 0.221 e. The molecule has 0 aliphatic carbocycles. The Hall–Kier alpha value is -3.41.